The van der Waals surface area contributed by atoms with Crippen molar-refractivity contribution in [3.8, 4) is 0 Å². The van der Waals surface area contributed by atoms with Crippen molar-refractivity contribution < 1.29 is 13.3 Å². The molecule has 0 N–H and O–H groups in total. The van der Waals surface area contributed by atoms with Gasteiger partial charge in [-0.3, -0.25) is 0 Å². The topological polar surface area (TPSA) is 30.9 Å². The molecule has 0 aromatic carbocycles. The first kappa shape index (κ1) is 23.3. The molecule has 0 unspecified atom stereocenters. The van der Waals surface area contributed by atoms with Gasteiger partial charge in [-0.05, 0) is 67.1 Å². The van der Waals surface area contributed by atoms with E-state index in [1.807, 2.05) is 13.8 Å². The van der Waals surface area contributed by atoms with E-state index in [1.54, 1.807) is 0 Å². The molecule has 0 atom stereocenters. The van der Waals surface area contributed by atoms with E-state index in [1.165, 1.54) is 6.04 Å². The zero-order valence-electron chi connectivity index (χ0n) is 16.9. The van der Waals surface area contributed by atoms with E-state index in [2.05, 4.69) is 45.8 Å². The Morgan fingerprint density at radius 2 is 1.52 bits per heavy atom. The van der Waals surface area contributed by atoms with Crippen molar-refractivity contribution >= 4 is 17.6 Å². The molecule has 0 bridgehead atoms. The van der Waals surface area contributed by atoms with Crippen LogP contribution in [-0.2, 0) is 13.3 Å². The van der Waals surface area contributed by atoms with Crippen LogP contribution in [0.1, 0.15) is 47.5 Å². The molecular weight excluding hydrogens is 322 g/mol. The van der Waals surface area contributed by atoms with Crippen molar-refractivity contribution in [3.05, 3.63) is 0 Å². The van der Waals surface area contributed by atoms with Crippen LogP contribution in [0.4, 0.5) is 0 Å². The fraction of sp³-hybridized carbons (Fsp3) is 1.00. The van der Waals surface area contributed by atoms with Gasteiger partial charge >= 0.3 is 8.80 Å². The molecule has 0 fully saturated rings. The number of hydrogen-bond donors (Lipinski definition) is 0. The van der Waals surface area contributed by atoms with Crippen molar-refractivity contribution in [3.63, 3.8) is 0 Å². The smallest absolute Gasteiger partial charge is 0.374 e. The Kier molecular flexibility index (Phi) is 11.9. The number of rotatable bonds is 13. The second-order valence-electron chi connectivity index (χ2n) is 7.63. The van der Waals surface area contributed by atoms with Crippen molar-refractivity contribution in [1.82, 2.24) is 4.90 Å². The van der Waals surface area contributed by atoms with E-state index in [0.29, 0.717) is 13.2 Å². The van der Waals surface area contributed by atoms with Gasteiger partial charge in [0.15, 0.2) is 0 Å². The predicted molar refractivity (Wildman–Crippen MR) is 105 cm³/mol. The third-order valence-electron chi connectivity index (χ3n) is 4.12. The van der Waals surface area contributed by atoms with Crippen LogP contribution < -0.4 is 0 Å². The SMILES string of the molecule is CCO[Si](CCCCN(C)C(C)(C)C)(OCC)OCC[SiH](C)C. The van der Waals surface area contributed by atoms with Crippen LogP contribution >= 0.6 is 0 Å². The molecule has 0 spiro atoms. The van der Waals surface area contributed by atoms with Gasteiger partial charge in [0.05, 0.1) is 0 Å². The van der Waals surface area contributed by atoms with E-state index in [0.717, 1.165) is 32.0 Å². The molecule has 0 aromatic heterocycles. The first-order valence-electron chi connectivity index (χ1n) is 9.30. The van der Waals surface area contributed by atoms with E-state index in [9.17, 15) is 0 Å². The average molecular weight is 364 g/mol. The summed E-state index contributed by atoms with van der Waals surface area (Å²) in [6.45, 7) is 18.8. The van der Waals surface area contributed by atoms with Crippen LogP contribution in [0.3, 0.4) is 0 Å². The molecule has 0 aliphatic carbocycles. The fourth-order valence-corrected chi connectivity index (χ4v) is 5.76. The maximum atomic E-state index is 6.21. The quantitative estimate of drug-likeness (QED) is 0.365. The summed E-state index contributed by atoms with van der Waals surface area (Å²) in [5, 5.41) is 0. The Labute approximate surface area is 147 Å². The van der Waals surface area contributed by atoms with Crippen LogP contribution in [0.5, 0.6) is 0 Å². The maximum absolute atomic E-state index is 6.21. The lowest BCUT2D eigenvalue weighted by atomic mass is 10.1. The van der Waals surface area contributed by atoms with Crippen molar-refractivity contribution in [1.29, 1.82) is 0 Å². The number of nitrogens with zero attached hydrogens (tertiary/aromatic N) is 1. The number of hydrogen-bond acceptors (Lipinski definition) is 4. The Hall–Kier alpha value is 0.274. The van der Waals surface area contributed by atoms with Crippen molar-refractivity contribution in [2.24, 2.45) is 0 Å². The summed E-state index contributed by atoms with van der Waals surface area (Å²) < 4.78 is 18.3. The van der Waals surface area contributed by atoms with Gasteiger partial charge in [0, 0.05) is 40.2 Å². The molecule has 0 aliphatic heterocycles. The first-order chi connectivity index (χ1) is 10.7. The van der Waals surface area contributed by atoms with Gasteiger partial charge in [-0.15, -0.1) is 0 Å². The molecule has 0 amide bonds. The van der Waals surface area contributed by atoms with E-state index in [4.69, 9.17) is 13.3 Å². The Morgan fingerprint density at radius 1 is 0.957 bits per heavy atom. The largest absolute Gasteiger partial charge is 0.500 e. The molecule has 4 nitrogen and oxygen atoms in total. The van der Waals surface area contributed by atoms with Gasteiger partial charge in [0.1, 0.15) is 0 Å². The van der Waals surface area contributed by atoms with Crippen molar-refractivity contribution in [2.75, 3.05) is 33.4 Å². The summed E-state index contributed by atoms with van der Waals surface area (Å²) in [6, 6.07) is 2.13. The second kappa shape index (κ2) is 11.8. The number of unbranched alkanes of at least 4 members (excludes halogenated alkanes) is 1. The Morgan fingerprint density at radius 3 is 1.96 bits per heavy atom. The molecular formula is C17H41NO3Si2. The minimum atomic E-state index is -2.48. The van der Waals surface area contributed by atoms with Crippen LogP contribution in [0.15, 0.2) is 0 Å². The highest BCUT2D eigenvalue weighted by molar-refractivity contribution is 6.61. The highest BCUT2D eigenvalue weighted by Crippen LogP contribution is 2.21. The molecule has 0 radical (unpaired) electrons. The molecule has 0 aromatic rings. The highest BCUT2D eigenvalue weighted by Gasteiger charge is 2.40. The molecule has 0 saturated carbocycles. The van der Waals surface area contributed by atoms with Gasteiger partial charge in [-0.25, -0.2) is 0 Å². The third-order valence-corrected chi connectivity index (χ3v) is 8.57. The van der Waals surface area contributed by atoms with E-state index in [-0.39, 0.29) is 5.54 Å². The monoisotopic (exact) mass is 363 g/mol. The summed E-state index contributed by atoms with van der Waals surface area (Å²) in [6.07, 6.45) is 2.26. The standard InChI is InChI=1S/C17H41NO3Si2/c1-9-19-23(20-10-2,21-14-15-22(7)8)16-12-11-13-18(6)17(3,4)5/h22H,9-16H2,1-8H3. The van der Waals surface area contributed by atoms with E-state index >= 15 is 0 Å². The molecule has 0 heterocycles. The second-order valence-corrected chi connectivity index (χ2v) is 13.7. The maximum Gasteiger partial charge on any atom is 0.500 e. The lowest BCUT2D eigenvalue weighted by Gasteiger charge is -2.32. The molecule has 140 valence electrons. The summed E-state index contributed by atoms with van der Waals surface area (Å²) in [7, 11) is -0.869. The normalized spacial score (nSPS) is 13.3. The Bertz CT molecular complexity index is 290. The minimum Gasteiger partial charge on any atom is -0.374 e. The highest BCUT2D eigenvalue weighted by atomic mass is 28.4. The molecule has 23 heavy (non-hydrogen) atoms. The van der Waals surface area contributed by atoms with Gasteiger partial charge < -0.3 is 18.2 Å². The van der Waals surface area contributed by atoms with Gasteiger partial charge in [-0.1, -0.05) is 13.1 Å². The lowest BCUT2D eigenvalue weighted by molar-refractivity contribution is 0.0701. The predicted octanol–water partition coefficient (Wildman–Crippen LogP) is 4.01. The zero-order chi connectivity index (χ0) is 17.9. The summed E-state index contributed by atoms with van der Waals surface area (Å²) in [4.78, 5) is 2.41. The molecule has 6 heteroatoms. The fourth-order valence-electron chi connectivity index (χ4n) is 2.26. The van der Waals surface area contributed by atoms with Crippen LogP contribution in [0.25, 0.3) is 0 Å². The lowest BCUT2D eigenvalue weighted by Crippen LogP contribution is -2.46. The molecule has 0 rings (SSSR count). The average Bonchev–Trinajstić information content (AvgIpc) is 2.42. The van der Waals surface area contributed by atoms with Gasteiger partial charge in [0.25, 0.3) is 0 Å². The van der Waals surface area contributed by atoms with Crippen molar-refractivity contribution in [2.45, 2.75) is 78.2 Å². The summed E-state index contributed by atoms with van der Waals surface area (Å²) in [5.41, 5.74) is 0.229. The van der Waals surface area contributed by atoms with Gasteiger partial charge in [0.2, 0.25) is 0 Å². The zero-order valence-corrected chi connectivity index (χ0v) is 19.1. The van der Waals surface area contributed by atoms with Crippen LogP contribution in [0.2, 0.25) is 25.2 Å². The molecule has 0 aliphatic rings. The summed E-state index contributed by atoms with van der Waals surface area (Å²) >= 11 is 0. The van der Waals surface area contributed by atoms with Crippen LogP contribution in [-0.4, -0.2) is 61.5 Å². The molecule has 0 saturated heterocycles. The summed E-state index contributed by atoms with van der Waals surface area (Å²) in [5.74, 6) is 0. The Balaban J connectivity index is 4.44. The third kappa shape index (κ3) is 10.7. The van der Waals surface area contributed by atoms with Gasteiger partial charge in [-0.2, -0.15) is 0 Å². The first-order valence-corrected chi connectivity index (χ1v) is 14.4. The van der Waals surface area contributed by atoms with Crippen LogP contribution in [0, 0.1) is 0 Å². The minimum absolute atomic E-state index is 0.229. The van der Waals surface area contributed by atoms with E-state index < -0.39 is 17.6 Å².